The van der Waals surface area contributed by atoms with Crippen LogP contribution in [-0.4, -0.2) is 59.9 Å². The second-order valence-electron chi connectivity index (χ2n) is 7.53. The van der Waals surface area contributed by atoms with E-state index in [9.17, 15) is 14.8 Å². The van der Waals surface area contributed by atoms with Gasteiger partial charge < -0.3 is 24.6 Å². The quantitative estimate of drug-likeness (QED) is 0.621. The summed E-state index contributed by atoms with van der Waals surface area (Å²) in [7, 11) is -1.55. The molecule has 0 saturated carbocycles. The van der Waals surface area contributed by atoms with Crippen molar-refractivity contribution in [2.24, 2.45) is 0 Å². The van der Waals surface area contributed by atoms with Gasteiger partial charge in [-0.05, 0) is 50.4 Å². The van der Waals surface area contributed by atoms with Crippen LogP contribution in [0.1, 0.15) is 31.9 Å². The highest BCUT2D eigenvalue weighted by molar-refractivity contribution is 6.58. The standard InChI is InChI=1S/C19H27BN2O4/c1-6-7-15-12-16(20(24)25)13-17(14(15)2)21-8-10-22(11-9-21)18(23)26-19(3,4)5/h1,12-13,24-25H,7-11H2,2-5H3. The van der Waals surface area contributed by atoms with Crippen LogP contribution < -0.4 is 10.4 Å². The minimum atomic E-state index is -1.55. The van der Waals surface area contributed by atoms with Crippen molar-refractivity contribution in [1.82, 2.24) is 4.90 Å². The summed E-state index contributed by atoms with van der Waals surface area (Å²) in [6.45, 7) is 9.90. The van der Waals surface area contributed by atoms with Crippen LogP contribution in [0.15, 0.2) is 12.1 Å². The van der Waals surface area contributed by atoms with Gasteiger partial charge >= 0.3 is 13.2 Å². The third kappa shape index (κ3) is 4.93. The predicted octanol–water partition coefficient (Wildman–Crippen LogP) is 0.908. The lowest BCUT2D eigenvalue weighted by Crippen LogP contribution is -2.50. The van der Waals surface area contributed by atoms with E-state index in [1.54, 1.807) is 17.0 Å². The number of rotatable bonds is 3. The van der Waals surface area contributed by atoms with Gasteiger partial charge in [-0.15, -0.1) is 12.3 Å². The van der Waals surface area contributed by atoms with E-state index in [1.165, 1.54) is 0 Å². The van der Waals surface area contributed by atoms with E-state index in [4.69, 9.17) is 11.2 Å². The van der Waals surface area contributed by atoms with Gasteiger partial charge in [0.2, 0.25) is 0 Å². The Hall–Kier alpha value is -2.17. The Morgan fingerprint density at radius 3 is 2.38 bits per heavy atom. The first-order valence-corrected chi connectivity index (χ1v) is 8.78. The largest absolute Gasteiger partial charge is 0.488 e. The van der Waals surface area contributed by atoms with Crippen molar-refractivity contribution in [1.29, 1.82) is 0 Å². The number of nitrogens with zero attached hydrogens (tertiary/aromatic N) is 2. The van der Waals surface area contributed by atoms with Crippen LogP contribution in [0.4, 0.5) is 10.5 Å². The minimum Gasteiger partial charge on any atom is -0.444 e. The third-order valence-corrected chi connectivity index (χ3v) is 4.37. The monoisotopic (exact) mass is 358 g/mol. The number of piperazine rings is 1. The van der Waals surface area contributed by atoms with Crippen molar-refractivity contribution in [3.8, 4) is 12.3 Å². The van der Waals surface area contributed by atoms with Crippen molar-refractivity contribution >= 4 is 24.4 Å². The van der Waals surface area contributed by atoms with Crippen molar-refractivity contribution in [2.75, 3.05) is 31.1 Å². The molecule has 0 radical (unpaired) electrons. The Balaban J connectivity index is 2.16. The SMILES string of the molecule is C#CCc1cc(B(O)O)cc(N2CCN(C(=O)OC(C)(C)C)CC2)c1C. The lowest BCUT2D eigenvalue weighted by Gasteiger charge is -2.37. The molecule has 0 unspecified atom stereocenters. The smallest absolute Gasteiger partial charge is 0.444 e. The Kier molecular flexibility index (Phi) is 6.22. The molecular weight excluding hydrogens is 331 g/mol. The van der Waals surface area contributed by atoms with Gasteiger partial charge in [-0.2, -0.15) is 0 Å². The van der Waals surface area contributed by atoms with E-state index < -0.39 is 12.7 Å². The summed E-state index contributed by atoms with van der Waals surface area (Å²) >= 11 is 0. The first kappa shape index (κ1) is 20.2. The van der Waals surface area contributed by atoms with Gasteiger partial charge in [-0.1, -0.05) is 6.07 Å². The fourth-order valence-electron chi connectivity index (χ4n) is 3.01. The molecule has 2 rings (SSSR count). The molecule has 140 valence electrons. The zero-order valence-corrected chi connectivity index (χ0v) is 16.0. The molecule has 0 atom stereocenters. The van der Waals surface area contributed by atoms with Crippen molar-refractivity contribution in [2.45, 2.75) is 39.7 Å². The second kappa shape index (κ2) is 8.02. The number of hydrogen-bond acceptors (Lipinski definition) is 5. The van der Waals surface area contributed by atoms with Gasteiger partial charge in [-0.25, -0.2) is 4.79 Å². The topological polar surface area (TPSA) is 73.2 Å². The van der Waals surface area contributed by atoms with Gasteiger partial charge in [0.15, 0.2) is 0 Å². The fourth-order valence-corrected chi connectivity index (χ4v) is 3.01. The molecule has 6 nitrogen and oxygen atoms in total. The lowest BCUT2D eigenvalue weighted by atomic mass is 9.78. The fraction of sp³-hybridized carbons (Fsp3) is 0.526. The first-order valence-electron chi connectivity index (χ1n) is 8.78. The van der Waals surface area contributed by atoms with Crippen LogP contribution in [0.25, 0.3) is 0 Å². The molecule has 1 amide bonds. The van der Waals surface area contributed by atoms with E-state index in [0.717, 1.165) is 16.8 Å². The number of carbonyl (C=O) groups is 1. The predicted molar refractivity (Wildman–Crippen MR) is 104 cm³/mol. The van der Waals surface area contributed by atoms with E-state index in [0.29, 0.717) is 38.1 Å². The highest BCUT2D eigenvalue weighted by Crippen LogP contribution is 2.24. The zero-order chi connectivity index (χ0) is 19.5. The van der Waals surface area contributed by atoms with Crippen LogP contribution in [0.2, 0.25) is 0 Å². The number of amides is 1. The normalized spacial score (nSPS) is 14.8. The van der Waals surface area contributed by atoms with Gasteiger partial charge in [0, 0.05) is 38.3 Å². The molecule has 7 heteroatoms. The molecule has 26 heavy (non-hydrogen) atoms. The Morgan fingerprint density at radius 2 is 1.88 bits per heavy atom. The van der Waals surface area contributed by atoms with Crippen LogP contribution in [0.3, 0.4) is 0 Å². The molecule has 1 aromatic carbocycles. The number of carbonyl (C=O) groups excluding carboxylic acids is 1. The molecule has 0 aromatic heterocycles. The summed E-state index contributed by atoms with van der Waals surface area (Å²) in [5.41, 5.74) is 2.76. The summed E-state index contributed by atoms with van der Waals surface area (Å²) in [4.78, 5) is 16.0. The Bertz CT molecular complexity index is 699. The molecule has 0 bridgehead atoms. The molecule has 1 aromatic rings. The maximum atomic E-state index is 12.2. The number of hydrogen-bond donors (Lipinski definition) is 2. The Morgan fingerprint density at radius 1 is 1.27 bits per heavy atom. The lowest BCUT2D eigenvalue weighted by molar-refractivity contribution is 0.0240. The average Bonchev–Trinajstić information content (AvgIpc) is 2.55. The van der Waals surface area contributed by atoms with Crippen molar-refractivity contribution in [3.63, 3.8) is 0 Å². The van der Waals surface area contributed by atoms with E-state index >= 15 is 0 Å². The molecule has 0 aliphatic carbocycles. The first-order chi connectivity index (χ1) is 12.1. The van der Waals surface area contributed by atoms with E-state index in [1.807, 2.05) is 27.7 Å². The van der Waals surface area contributed by atoms with Crippen molar-refractivity contribution in [3.05, 3.63) is 23.3 Å². The number of terminal acetylenes is 1. The summed E-state index contributed by atoms with van der Waals surface area (Å²) in [5, 5.41) is 19.1. The van der Waals surface area contributed by atoms with Gasteiger partial charge in [-0.3, -0.25) is 0 Å². The van der Waals surface area contributed by atoms with Gasteiger partial charge in [0.1, 0.15) is 5.60 Å². The molecular formula is C19H27BN2O4. The summed E-state index contributed by atoms with van der Waals surface area (Å²) in [5.74, 6) is 2.61. The average molecular weight is 358 g/mol. The molecule has 1 heterocycles. The highest BCUT2D eigenvalue weighted by Gasteiger charge is 2.27. The van der Waals surface area contributed by atoms with E-state index in [-0.39, 0.29) is 6.09 Å². The molecule has 2 N–H and O–H groups in total. The second-order valence-corrected chi connectivity index (χ2v) is 7.53. The molecule has 1 saturated heterocycles. The maximum absolute atomic E-state index is 12.2. The highest BCUT2D eigenvalue weighted by atomic mass is 16.6. The van der Waals surface area contributed by atoms with Crippen LogP contribution in [-0.2, 0) is 11.2 Å². The number of anilines is 1. The molecule has 1 fully saturated rings. The third-order valence-electron chi connectivity index (χ3n) is 4.37. The Labute approximate surface area is 155 Å². The minimum absolute atomic E-state index is 0.304. The maximum Gasteiger partial charge on any atom is 0.488 e. The zero-order valence-electron chi connectivity index (χ0n) is 16.0. The van der Waals surface area contributed by atoms with Gasteiger partial charge in [0.05, 0.1) is 0 Å². The number of ether oxygens (including phenoxy) is 1. The summed E-state index contributed by atoms with van der Waals surface area (Å²) in [6, 6.07) is 3.52. The molecule has 1 aliphatic heterocycles. The number of benzene rings is 1. The molecule has 1 aliphatic rings. The summed E-state index contributed by atoms with van der Waals surface area (Å²) in [6.07, 6.45) is 5.56. The van der Waals surface area contributed by atoms with Crippen LogP contribution >= 0.6 is 0 Å². The van der Waals surface area contributed by atoms with E-state index in [2.05, 4.69) is 10.8 Å². The van der Waals surface area contributed by atoms with Crippen molar-refractivity contribution < 1.29 is 19.6 Å². The van der Waals surface area contributed by atoms with Crippen LogP contribution in [0.5, 0.6) is 0 Å². The molecule has 0 spiro atoms. The van der Waals surface area contributed by atoms with Gasteiger partial charge in [0.25, 0.3) is 0 Å². The summed E-state index contributed by atoms with van der Waals surface area (Å²) < 4.78 is 5.42. The van der Waals surface area contributed by atoms with Crippen LogP contribution in [0, 0.1) is 19.3 Å².